The van der Waals surface area contributed by atoms with E-state index in [1.807, 2.05) is 0 Å². The van der Waals surface area contributed by atoms with Crippen molar-refractivity contribution in [3.05, 3.63) is 22.8 Å². The third-order valence-corrected chi connectivity index (χ3v) is 3.11. The summed E-state index contributed by atoms with van der Waals surface area (Å²) in [6.45, 7) is 6.81. The van der Waals surface area contributed by atoms with E-state index in [9.17, 15) is 0 Å². The Balaban J connectivity index is -0.000000653. The fourth-order valence-electron chi connectivity index (χ4n) is 1.99. The molecular formula is C14H23Cl2Zr. The van der Waals surface area contributed by atoms with Crippen molar-refractivity contribution in [3.63, 3.8) is 0 Å². The summed E-state index contributed by atoms with van der Waals surface area (Å²) in [5.74, 6) is 0. The van der Waals surface area contributed by atoms with E-state index in [2.05, 4.69) is 26.8 Å². The summed E-state index contributed by atoms with van der Waals surface area (Å²) in [7, 11) is 0. The van der Waals surface area contributed by atoms with E-state index in [0.717, 1.165) is 6.42 Å². The third-order valence-electron chi connectivity index (χ3n) is 3.11. The Hall–Kier alpha value is 0.943. The van der Waals surface area contributed by atoms with Crippen LogP contribution in [0.1, 0.15) is 65.7 Å². The van der Waals surface area contributed by atoms with E-state index in [1.54, 1.807) is 11.1 Å². The Morgan fingerprint density at radius 2 is 1.53 bits per heavy atom. The number of unbranched alkanes of at least 4 members (excludes halogenated alkanes) is 2. The Morgan fingerprint density at radius 3 is 2.06 bits per heavy atom. The summed E-state index contributed by atoms with van der Waals surface area (Å²) in [5, 5.41) is 0. The Labute approximate surface area is 139 Å². The monoisotopic (exact) mass is 351 g/mol. The molecule has 97 valence electrons. The second kappa shape index (κ2) is 13.4. The van der Waals surface area contributed by atoms with Crippen LogP contribution in [0.2, 0.25) is 0 Å². The first-order valence-corrected chi connectivity index (χ1v) is 6.08. The summed E-state index contributed by atoms with van der Waals surface area (Å²) < 4.78 is 0. The van der Waals surface area contributed by atoms with Crippen molar-refractivity contribution in [2.24, 2.45) is 0 Å². The average molecular weight is 353 g/mol. The summed E-state index contributed by atoms with van der Waals surface area (Å²) >= 11 is 0. The molecule has 1 aliphatic rings. The van der Waals surface area contributed by atoms with Gasteiger partial charge in [-0.2, -0.15) is 11.1 Å². The molecule has 0 fully saturated rings. The first-order chi connectivity index (χ1) is 6.79. The van der Waals surface area contributed by atoms with Gasteiger partial charge in [-0.15, -0.1) is 13.3 Å². The van der Waals surface area contributed by atoms with Gasteiger partial charge in [-0.3, -0.25) is 6.08 Å². The first-order valence-electron chi connectivity index (χ1n) is 6.08. The second-order valence-corrected chi connectivity index (χ2v) is 4.27. The predicted octanol–water partition coefficient (Wildman–Crippen LogP) is -1.18. The summed E-state index contributed by atoms with van der Waals surface area (Å²) in [5.41, 5.74) is 4.72. The van der Waals surface area contributed by atoms with Gasteiger partial charge in [0.25, 0.3) is 0 Å². The van der Waals surface area contributed by atoms with Crippen LogP contribution < -0.4 is 24.8 Å². The van der Waals surface area contributed by atoms with E-state index in [0.29, 0.717) is 0 Å². The smallest absolute Gasteiger partial charge is 1.00 e. The van der Waals surface area contributed by atoms with Gasteiger partial charge in [0.15, 0.2) is 0 Å². The zero-order valence-corrected chi connectivity index (χ0v) is 15.2. The number of hydrogen-bond donors (Lipinski definition) is 0. The molecule has 0 unspecified atom stereocenters. The molecule has 0 aliphatic heterocycles. The van der Waals surface area contributed by atoms with E-state index in [4.69, 9.17) is 0 Å². The van der Waals surface area contributed by atoms with Crippen LogP contribution >= 0.6 is 0 Å². The van der Waals surface area contributed by atoms with Crippen LogP contribution in [0.15, 0.2) is 16.7 Å². The van der Waals surface area contributed by atoms with Gasteiger partial charge in [0.1, 0.15) is 0 Å². The van der Waals surface area contributed by atoms with E-state index in [1.165, 1.54) is 44.1 Å². The molecule has 0 aromatic rings. The van der Waals surface area contributed by atoms with Gasteiger partial charge in [0, 0.05) is 0 Å². The number of allylic oxidation sites excluding steroid dienone is 4. The molecule has 1 radical (unpaired) electrons. The van der Waals surface area contributed by atoms with Gasteiger partial charge in [-0.05, 0) is 6.42 Å². The normalized spacial score (nSPS) is 13.5. The SMILES string of the molecule is CCCCC1=[C-]CC(CCCC)=C1C.[Cl-].[Cl-].[Zr+3]. The fraction of sp³-hybridized carbons (Fsp3) is 0.714. The van der Waals surface area contributed by atoms with Crippen LogP contribution in [-0.2, 0) is 26.2 Å². The Kier molecular flexibility index (Phi) is 18.2. The zero-order chi connectivity index (χ0) is 10.4. The molecule has 0 aromatic heterocycles. The molecule has 0 atom stereocenters. The molecule has 0 amide bonds. The minimum absolute atomic E-state index is 0. The maximum atomic E-state index is 3.54. The van der Waals surface area contributed by atoms with Crippen molar-refractivity contribution in [2.75, 3.05) is 0 Å². The first kappa shape index (κ1) is 23.1. The van der Waals surface area contributed by atoms with Gasteiger partial charge in [0.2, 0.25) is 0 Å². The van der Waals surface area contributed by atoms with Gasteiger partial charge in [-0.25, -0.2) is 5.57 Å². The van der Waals surface area contributed by atoms with Gasteiger partial charge < -0.3 is 24.8 Å². The van der Waals surface area contributed by atoms with E-state index >= 15 is 0 Å². The van der Waals surface area contributed by atoms with Crippen LogP contribution in [0.5, 0.6) is 0 Å². The molecule has 0 aromatic carbocycles. The quantitative estimate of drug-likeness (QED) is 0.528. The van der Waals surface area contributed by atoms with Crippen LogP contribution in [0.4, 0.5) is 0 Å². The van der Waals surface area contributed by atoms with Crippen molar-refractivity contribution in [3.8, 4) is 0 Å². The van der Waals surface area contributed by atoms with Gasteiger partial charge >= 0.3 is 26.2 Å². The predicted molar refractivity (Wildman–Crippen MR) is 63.1 cm³/mol. The minimum Gasteiger partial charge on any atom is -1.00 e. The van der Waals surface area contributed by atoms with Crippen molar-refractivity contribution >= 4 is 0 Å². The van der Waals surface area contributed by atoms with Crippen LogP contribution in [0, 0.1) is 6.08 Å². The molecule has 0 heterocycles. The number of halogens is 2. The van der Waals surface area contributed by atoms with E-state index in [-0.39, 0.29) is 51.0 Å². The topological polar surface area (TPSA) is 0 Å². The largest absolute Gasteiger partial charge is 3.00 e. The molecule has 0 saturated carbocycles. The molecule has 3 heteroatoms. The molecule has 0 saturated heterocycles. The maximum absolute atomic E-state index is 3.54. The molecule has 1 aliphatic carbocycles. The summed E-state index contributed by atoms with van der Waals surface area (Å²) in [6, 6.07) is 0. The maximum Gasteiger partial charge on any atom is 3.00 e. The molecule has 17 heavy (non-hydrogen) atoms. The Bertz CT molecular complexity index is 233. The zero-order valence-electron chi connectivity index (χ0n) is 11.2. The average Bonchev–Trinajstić information content (AvgIpc) is 2.54. The van der Waals surface area contributed by atoms with Crippen molar-refractivity contribution in [2.45, 2.75) is 65.7 Å². The molecule has 0 spiro atoms. The van der Waals surface area contributed by atoms with Crippen molar-refractivity contribution < 1.29 is 51.0 Å². The number of hydrogen-bond acceptors (Lipinski definition) is 0. The molecule has 0 N–H and O–H groups in total. The molecule has 0 bridgehead atoms. The van der Waals surface area contributed by atoms with Crippen LogP contribution in [0.25, 0.3) is 0 Å². The summed E-state index contributed by atoms with van der Waals surface area (Å²) in [4.78, 5) is 0. The van der Waals surface area contributed by atoms with Crippen LogP contribution in [0.3, 0.4) is 0 Å². The molecule has 0 nitrogen and oxygen atoms in total. The standard InChI is InChI=1S/C14H23.2ClH.Zr/c1-4-6-8-13-10-11-14(12(13)3)9-7-5-2;;;/h4-10H2,1-3H3;2*1H;/q-1;;;+3/p-2. The third kappa shape index (κ3) is 7.86. The van der Waals surface area contributed by atoms with E-state index < -0.39 is 0 Å². The molecule has 1 rings (SSSR count). The number of rotatable bonds is 6. The fourth-order valence-corrected chi connectivity index (χ4v) is 1.99. The summed E-state index contributed by atoms with van der Waals surface area (Å²) in [6.07, 6.45) is 12.5. The molecular weight excluding hydrogens is 330 g/mol. The Morgan fingerprint density at radius 1 is 1.00 bits per heavy atom. The van der Waals surface area contributed by atoms with Gasteiger partial charge in [0.05, 0.1) is 0 Å². The van der Waals surface area contributed by atoms with Crippen molar-refractivity contribution in [1.29, 1.82) is 0 Å². The van der Waals surface area contributed by atoms with Crippen molar-refractivity contribution in [1.82, 2.24) is 0 Å². The second-order valence-electron chi connectivity index (χ2n) is 4.27. The minimum atomic E-state index is 0. The van der Waals surface area contributed by atoms with Gasteiger partial charge in [-0.1, -0.05) is 46.0 Å². The van der Waals surface area contributed by atoms with Crippen LogP contribution in [-0.4, -0.2) is 0 Å².